The van der Waals surface area contributed by atoms with Crippen molar-refractivity contribution in [2.45, 2.75) is 72.6 Å². The van der Waals surface area contributed by atoms with Gasteiger partial charge in [-0.1, -0.05) is 62.4 Å². The van der Waals surface area contributed by atoms with Crippen LogP contribution in [0.15, 0.2) is 79.3 Å². The van der Waals surface area contributed by atoms with Crippen molar-refractivity contribution >= 4 is 17.4 Å². The highest BCUT2D eigenvalue weighted by molar-refractivity contribution is 5.81. The monoisotopic (exact) mass is 619 g/mol. The van der Waals surface area contributed by atoms with E-state index in [4.69, 9.17) is 14.5 Å². The van der Waals surface area contributed by atoms with E-state index in [-0.39, 0.29) is 5.41 Å². The third-order valence-corrected chi connectivity index (χ3v) is 8.85. The molecule has 0 amide bonds. The van der Waals surface area contributed by atoms with E-state index in [2.05, 4.69) is 83.1 Å². The topological polar surface area (TPSA) is 73.9 Å². The van der Waals surface area contributed by atoms with E-state index in [0.29, 0.717) is 0 Å². The minimum Gasteiger partial charge on any atom is -0.467 e. The lowest BCUT2D eigenvalue weighted by molar-refractivity contribution is -0.164. The largest absolute Gasteiger partial charge is 0.467 e. The molecular weight excluding hydrogens is 574 g/mol. The van der Waals surface area contributed by atoms with E-state index in [1.807, 2.05) is 56.8 Å². The number of carbonyl (C=O) groups is 1. The van der Waals surface area contributed by atoms with Crippen LogP contribution < -0.4 is 4.90 Å². The molecule has 6 rings (SSSR count). The Hall–Kier alpha value is -4.43. The molecule has 1 atom stereocenters. The molecule has 1 aliphatic heterocycles. The number of hydrogen-bond acceptors (Lipinski definition) is 6. The number of pyridine rings is 1. The number of hydrogen-bond donors (Lipinski definition) is 0. The van der Waals surface area contributed by atoms with Gasteiger partial charge in [-0.25, -0.2) is 9.78 Å². The SMILES string of the molecule is COC(=O)[C@@H](OC(C)(C)C)c1c(C)cc2nc(-c3cccc(-c4cnn(Cc5ccccc5)c4)c3)cn2c1N1CCC(C)(C)CC1. The lowest BCUT2D eigenvalue weighted by atomic mass is 9.82. The van der Waals surface area contributed by atoms with Crippen LogP contribution in [0.1, 0.15) is 70.3 Å². The number of benzene rings is 2. The molecule has 0 unspecified atom stereocenters. The third kappa shape index (κ3) is 6.72. The van der Waals surface area contributed by atoms with Gasteiger partial charge in [0.25, 0.3) is 0 Å². The van der Waals surface area contributed by atoms with Crippen LogP contribution in [0.3, 0.4) is 0 Å². The van der Waals surface area contributed by atoms with Crippen molar-refractivity contribution in [1.29, 1.82) is 0 Å². The predicted molar refractivity (Wildman–Crippen MR) is 183 cm³/mol. The summed E-state index contributed by atoms with van der Waals surface area (Å²) in [6.07, 6.45) is 7.32. The lowest BCUT2D eigenvalue weighted by Crippen LogP contribution is -2.40. The lowest BCUT2D eigenvalue weighted by Gasteiger charge is -2.40. The van der Waals surface area contributed by atoms with Gasteiger partial charge in [-0.15, -0.1) is 0 Å². The van der Waals surface area contributed by atoms with E-state index in [0.717, 1.165) is 77.5 Å². The van der Waals surface area contributed by atoms with Crippen molar-refractivity contribution in [2.24, 2.45) is 5.41 Å². The molecule has 46 heavy (non-hydrogen) atoms. The van der Waals surface area contributed by atoms with Crippen LogP contribution in [0, 0.1) is 12.3 Å². The zero-order valence-corrected chi connectivity index (χ0v) is 28.1. The number of nitrogens with zero attached hydrogens (tertiary/aromatic N) is 5. The average Bonchev–Trinajstić information content (AvgIpc) is 3.67. The molecule has 4 heterocycles. The average molecular weight is 620 g/mol. The Bertz CT molecular complexity index is 1840. The normalized spacial score (nSPS) is 15.7. The maximum absolute atomic E-state index is 13.3. The summed E-state index contributed by atoms with van der Waals surface area (Å²) in [7, 11) is 1.42. The smallest absolute Gasteiger partial charge is 0.339 e. The summed E-state index contributed by atoms with van der Waals surface area (Å²) in [4.78, 5) is 20.8. The van der Waals surface area contributed by atoms with Crippen LogP contribution in [0.2, 0.25) is 0 Å². The standard InChI is InChI=1S/C38H45N5O3/c1-26-20-32-40-31(29-15-11-14-28(21-29)30-22-39-42(24-30)23-27-12-9-8-10-13-27)25-43(32)35(41-18-16-38(5,6)17-19-41)33(26)34(36(44)45-7)46-37(2,3)4/h8-15,20-22,24-25,34H,16-19,23H2,1-7H3/t34-/m0/s1. The summed E-state index contributed by atoms with van der Waals surface area (Å²) < 4.78 is 15.8. The number of rotatable bonds is 8. The van der Waals surface area contributed by atoms with E-state index in [1.165, 1.54) is 12.7 Å². The molecule has 0 N–H and O–H groups in total. The molecule has 2 aromatic carbocycles. The number of aryl methyl sites for hydroxylation is 1. The highest BCUT2D eigenvalue weighted by Crippen LogP contribution is 2.40. The number of piperidine rings is 1. The van der Waals surface area contributed by atoms with Gasteiger partial charge in [-0.3, -0.25) is 9.08 Å². The van der Waals surface area contributed by atoms with Gasteiger partial charge in [0.1, 0.15) is 11.5 Å². The van der Waals surface area contributed by atoms with Crippen molar-refractivity contribution in [3.8, 4) is 22.4 Å². The first-order valence-corrected chi connectivity index (χ1v) is 16.1. The van der Waals surface area contributed by atoms with Crippen molar-refractivity contribution in [3.63, 3.8) is 0 Å². The van der Waals surface area contributed by atoms with Gasteiger partial charge in [0.05, 0.1) is 31.1 Å². The van der Waals surface area contributed by atoms with Gasteiger partial charge in [0.15, 0.2) is 6.10 Å². The van der Waals surface area contributed by atoms with Crippen LogP contribution in [-0.4, -0.2) is 50.9 Å². The molecule has 0 saturated carbocycles. The molecule has 0 spiro atoms. The molecule has 8 heteroatoms. The van der Waals surface area contributed by atoms with Crippen molar-refractivity contribution < 1.29 is 14.3 Å². The van der Waals surface area contributed by atoms with Crippen LogP contribution >= 0.6 is 0 Å². The predicted octanol–water partition coefficient (Wildman–Crippen LogP) is 7.88. The van der Waals surface area contributed by atoms with Crippen molar-refractivity contribution in [3.05, 3.63) is 95.9 Å². The first-order valence-electron chi connectivity index (χ1n) is 16.1. The summed E-state index contributed by atoms with van der Waals surface area (Å²) in [5, 5.41) is 4.62. The summed E-state index contributed by atoms with van der Waals surface area (Å²) in [6, 6.07) is 20.8. The summed E-state index contributed by atoms with van der Waals surface area (Å²) in [5.41, 5.74) is 7.52. The van der Waals surface area contributed by atoms with E-state index in [1.54, 1.807) is 0 Å². The Morgan fingerprint density at radius 2 is 1.67 bits per heavy atom. The molecule has 0 bridgehead atoms. The summed E-state index contributed by atoms with van der Waals surface area (Å²) >= 11 is 0. The number of methoxy groups -OCH3 is 1. The Balaban J connectivity index is 1.42. The highest BCUT2D eigenvalue weighted by atomic mass is 16.6. The summed E-state index contributed by atoms with van der Waals surface area (Å²) in [6.45, 7) is 15.0. The maximum atomic E-state index is 13.3. The fourth-order valence-corrected chi connectivity index (χ4v) is 6.27. The zero-order chi connectivity index (χ0) is 32.6. The number of aromatic nitrogens is 4. The number of carbonyl (C=O) groups excluding carboxylic acids is 1. The Morgan fingerprint density at radius 1 is 0.957 bits per heavy atom. The van der Waals surface area contributed by atoms with E-state index < -0.39 is 17.7 Å². The molecular formula is C38H45N5O3. The molecule has 0 aliphatic carbocycles. The number of anilines is 1. The van der Waals surface area contributed by atoms with Gasteiger partial charge in [0, 0.05) is 42.2 Å². The summed E-state index contributed by atoms with van der Waals surface area (Å²) in [5.74, 6) is 0.541. The number of ether oxygens (including phenoxy) is 2. The second-order valence-corrected chi connectivity index (χ2v) is 14.2. The van der Waals surface area contributed by atoms with Gasteiger partial charge in [-0.2, -0.15) is 5.10 Å². The van der Waals surface area contributed by atoms with Gasteiger partial charge in [-0.05, 0) is 74.8 Å². The van der Waals surface area contributed by atoms with Crippen LogP contribution in [-0.2, 0) is 20.8 Å². The minimum absolute atomic E-state index is 0.263. The molecule has 5 aromatic rings. The zero-order valence-electron chi connectivity index (χ0n) is 28.1. The molecule has 1 aliphatic rings. The Morgan fingerprint density at radius 3 is 2.37 bits per heavy atom. The molecule has 8 nitrogen and oxygen atoms in total. The van der Waals surface area contributed by atoms with Crippen molar-refractivity contribution in [2.75, 3.05) is 25.1 Å². The second-order valence-electron chi connectivity index (χ2n) is 14.2. The number of esters is 1. The number of fused-ring (bicyclic) bond motifs is 1. The number of imidazole rings is 1. The third-order valence-electron chi connectivity index (χ3n) is 8.85. The molecule has 3 aromatic heterocycles. The maximum Gasteiger partial charge on any atom is 0.339 e. The first-order chi connectivity index (χ1) is 21.9. The van der Waals surface area contributed by atoms with E-state index >= 15 is 0 Å². The van der Waals surface area contributed by atoms with Crippen LogP contribution in [0.25, 0.3) is 28.0 Å². The Kier molecular flexibility index (Phi) is 8.51. The van der Waals surface area contributed by atoms with E-state index in [9.17, 15) is 4.79 Å². The van der Waals surface area contributed by atoms with Crippen LogP contribution in [0.4, 0.5) is 5.82 Å². The van der Waals surface area contributed by atoms with Crippen LogP contribution in [0.5, 0.6) is 0 Å². The first kappa shape index (κ1) is 31.5. The van der Waals surface area contributed by atoms with Gasteiger partial charge >= 0.3 is 5.97 Å². The quantitative estimate of drug-likeness (QED) is 0.165. The minimum atomic E-state index is -0.874. The fourth-order valence-electron chi connectivity index (χ4n) is 6.27. The Labute approximate surface area is 272 Å². The van der Waals surface area contributed by atoms with Crippen molar-refractivity contribution in [1.82, 2.24) is 19.2 Å². The molecule has 0 radical (unpaired) electrons. The second kappa shape index (κ2) is 12.4. The molecule has 240 valence electrons. The fraction of sp³-hybridized carbons (Fsp3) is 0.395. The highest BCUT2D eigenvalue weighted by Gasteiger charge is 2.36. The van der Waals surface area contributed by atoms with Gasteiger partial charge < -0.3 is 14.4 Å². The molecule has 1 fully saturated rings. The van der Waals surface area contributed by atoms with Gasteiger partial charge in [0.2, 0.25) is 0 Å². The molecule has 1 saturated heterocycles.